The summed E-state index contributed by atoms with van der Waals surface area (Å²) in [5.41, 5.74) is 5.44. The molecule has 4 heteroatoms. The first-order chi connectivity index (χ1) is 6.63. The molecule has 1 heterocycles. The predicted octanol–water partition coefficient (Wildman–Crippen LogP) is 0.775. The van der Waals surface area contributed by atoms with Crippen LogP contribution in [0.1, 0.15) is 26.7 Å². The van der Waals surface area contributed by atoms with Gasteiger partial charge < -0.3 is 16.0 Å². The fourth-order valence-electron chi connectivity index (χ4n) is 1.73. The van der Waals surface area contributed by atoms with Gasteiger partial charge in [-0.2, -0.15) is 0 Å². The Morgan fingerprint density at radius 3 is 3.00 bits per heavy atom. The van der Waals surface area contributed by atoms with Crippen molar-refractivity contribution in [2.75, 3.05) is 19.6 Å². The van der Waals surface area contributed by atoms with Gasteiger partial charge in [0, 0.05) is 25.7 Å². The zero-order valence-electron chi connectivity index (χ0n) is 9.12. The number of carbonyl (C=O) groups is 1. The fraction of sp³-hybridized carbons (Fsp3) is 0.900. The van der Waals surface area contributed by atoms with Gasteiger partial charge in [-0.3, -0.25) is 0 Å². The maximum Gasteiger partial charge on any atom is 0.317 e. The second-order valence-electron chi connectivity index (χ2n) is 4.28. The summed E-state index contributed by atoms with van der Waals surface area (Å²) in [6.45, 7) is 6.36. The first-order valence-corrected chi connectivity index (χ1v) is 5.39. The zero-order valence-corrected chi connectivity index (χ0v) is 9.12. The van der Waals surface area contributed by atoms with Crippen molar-refractivity contribution in [3.8, 4) is 0 Å². The van der Waals surface area contributed by atoms with Crippen LogP contribution in [0.3, 0.4) is 0 Å². The highest BCUT2D eigenvalue weighted by Crippen LogP contribution is 2.15. The van der Waals surface area contributed by atoms with Gasteiger partial charge in [0.15, 0.2) is 0 Å². The Morgan fingerprint density at radius 1 is 1.71 bits per heavy atom. The molecule has 0 saturated carbocycles. The first kappa shape index (κ1) is 11.3. The number of nitrogens with two attached hydrogens (primary N) is 1. The number of carbonyl (C=O) groups excluding carboxylic acids is 1. The number of hydrogen-bond donors (Lipinski definition) is 2. The van der Waals surface area contributed by atoms with E-state index in [4.69, 9.17) is 5.73 Å². The van der Waals surface area contributed by atoms with E-state index >= 15 is 0 Å². The summed E-state index contributed by atoms with van der Waals surface area (Å²) in [5.74, 6) is 0.627. The van der Waals surface area contributed by atoms with Crippen molar-refractivity contribution in [3.05, 3.63) is 0 Å². The van der Waals surface area contributed by atoms with E-state index in [-0.39, 0.29) is 12.1 Å². The van der Waals surface area contributed by atoms with E-state index in [2.05, 4.69) is 12.2 Å². The fourth-order valence-corrected chi connectivity index (χ4v) is 1.73. The molecule has 2 unspecified atom stereocenters. The van der Waals surface area contributed by atoms with Crippen molar-refractivity contribution in [1.29, 1.82) is 0 Å². The highest BCUT2D eigenvalue weighted by molar-refractivity contribution is 5.74. The summed E-state index contributed by atoms with van der Waals surface area (Å²) < 4.78 is 0. The number of hydrogen-bond acceptors (Lipinski definition) is 2. The van der Waals surface area contributed by atoms with E-state index in [0.29, 0.717) is 12.5 Å². The van der Waals surface area contributed by atoms with Crippen molar-refractivity contribution < 1.29 is 4.79 Å². The number of likely N-dealkylation sites (tertiary alicyclic amines) is 1. The average molecular weight is 199 g/mol. The molecule has 0 bridgehead atoms. The third kappa shape index (κ3) is 3.18. The molecular weight excluding hydrogens is 178 g/mol. The van der Waals surface area contributed by atoms with E-state index in [9.17, 15) is 4.79 Å². The summed E-state index contributed by atoms with van der Waals surface area (Å²) >= 11 is 0. The van der Waals surface area contributed by atoms with Crippen LogP contribution in [0.5, 0.6) is 0 Å². The van der Waals surface area contributed by atoms with Crippen molar-refractivity contribution >= 4 is 6.03 Å². The zero-order chi connectivity index (χ0) is 10.6. The van der Waals surface area contributed by atoms with Crippen LogP contribution in [-0.2, 0) is 0 Å². The number of amides is 2. The van der Waals surface area contributed by atoms with E-state index in [0.717, 1.165) is 19.5 Å². The second-order valence-corrected chi connectivity index (χ2v) is 4.28. The molecule has 0 aromatic carbocycles. The van der Waals surface area contributed by atoms with Crippen LogP contribution in [0, 0.1) is 5.92 Å². The summed E-state index contributed by atoms with van der Waals surface area (Å²) in [6, 6.07) is 0.106. The molecule has 0 aromatic rings. The van der Waals surface area contributed by atoms with Crippen molar-refractivity contribution in [3.63, 3.8) is 0 Å². The molecule has 0 aromatic heterocycles. The van der Waals surface area contributed by atoms with Crippen molar-refractivity contribution in [2.45, 2.75) is 32.7 Å². The summed E-state index contributed by atoms with van der Waals surface area (Å²) in [6.07, 6.45) is 2.35. The molecule has 1 saturated heterocycles. The van der Waals surface area contributed by atoms with Gasteiger partial charge in [-0.25, -0.2) is 4.79 Å². The van der Waals surface area contributed by atoms with E-state index in [1.54, 1.807) is 0 Å². The summed E-state index contributed by atoms with van der Waals surface area (Å²) in [7, 11) is 0. The monoisotopic (exact) mass is 199 g/mol. The van der Waals surface area contributed by atoms with Crippen LogP contribution in [0.4, 0.5) is 4.79 Å². The number of nitrogens with one attached hydrogen (secondary N) is 1. The maximum atomic E-state index is 11.7. The second kappa shape index (κ2) is 5.20. The number of nitrogens with zero attached hydrogens (tertiary/aromatic N) is 1. The minimum atomic E-state index is 0.0366. The number of rotatable bonds is 2. The Hall–Kier alpha value is -0.770. The van der Waals surface area contributed by atoms with Gasteiger partial charge in [-0.15, -0.1) is 0 Å². The summed E-state index contributed by atoms with van der Waals surface area (Å²) in [4.78, 5) is 13.6. The standard InChI is InChI=1S/C10H21N3O/c1-8-4-3-5-13(7-8)10(14)12-9(2)6-11/h8-9H,3-7,11H2,1-2H3,(H,12,14). The molecule has 2 atom stereocenters. The van der Waals surface area contributed by atoms with Crippen molar-refractivity contribution in [2.24, 2.45) is 11.7 Å². The van der Waals surface area contributed by atoms with Crippen molar-refractivity contribution in [1.82, 2.24) is 10.2 Å². The summed E-state index contributed by atoms with van der Waals surface area (Å²) in [5, 5.41) is 2.88. The smallest absolute Gasteiger partial charge is 0.317 e. The maximum absolute atomic E-state index is 11.7. The molecule has 0 aliphatic carbocycles. The lowest BCUT2D eigenvalue weighted by Crippen LogP contribution is -2.49. The quantitative estimate of drug-likeness (QED) is 0.690. The normalized spacial score (nSPS) is 24.5. The average Bonchev–Trinajstić information content (AvgIpc) is 2.17. The largest absolute Gasteiger partial charge is 0.334 e. The molecule has 1 aliphatic heterocycles. The van der Waals surface area contributed by atoms with Crippen LogP contribution in [0.15, 0.2) is 0 Å². The molecule has 3 N–H and O–H groups in total. The third-order valence-corrected chi connectivity index (χ3v) is 2.67. The molecule has 1 fully saturated rings. The van der Waals surface area contributed by atoms with E-state index in [1.807, 2.05) is 11.8 Å². The molecule has 0 radical (unpaired) electrons. The van der Waals surface area contributed by atoms with E-state index < -0.39 is 0 Å². The molecule has 1 rings (SSSR count). The minimum Gasteiger partial charge on any atom is -0.334 e. The van der Waals surface area contributed by atoms with Gasteiger partial charge in [-0.05, 0) is 25.7 Å². The van der Waals surface area contributed by atoms with Gasteiger partial charge in [0.1, 0.15) is 0 Å². The Balaban J connectivity index is 2.36. The Morgan fingerprint density at radius 2 is 2.43 bits per heavy atom. The lowest BCUT2D eigenvalue weighted by atomic mass is 10.0. The lowest BCUT2D eigenvalue weighted by Gasteiger charge is -2.31. The van der Waals surface area contributed by atoms with Crippen LogP contribution in [0.2, 0.25) is 0 Å². The Kier molecular flexibility index (Phi) is 4.20. The SMILES string of the molecule is CC1CCCN(C(=O)NC(C)CN)C1. The van der Waals surface area contributed by atoms with Gasteiger partial charge in [0.25, 0.3) is 0 Å². The topological polar surface area (TPSA) is 58.4 Å². The predicted molar refractivity (Wildman–Crippen MR) is 57.0 cm³/mol. The highest BCUT2D eigenvalue weighted by atomic mass is 16.2. The molecule has 1 aliphatic rings. The molecule has 4 nitrogen and oxygen atoms in total. The number of urea groups is 1. The van der Waals surface area contributed by atoms with Crippen LogP contribution in [-0.4, -0.2) is 36.6 Å². The molecule has 14 heavy (non-hydrogen) atoms. The third-order valence-electron chi connectivity index (χ3n) is 2.67. The molecular formula is C10H21N3O. The van der Waals surface area contributed by atoms with E-state index in [1.165, 1.54) is 6.42 Å². The van der Waals surface area contributed by atoms with Crippen LogP contribution < -0.4 is 11.1 Å². The van der Waals surface area contributed by atoms with Crippen LogP contribution in [0.25, 0.3) is 0 Å². The minimum absolute atomic E-state index is 0.0366. The Bertz CT molecular complexity index is 196. The Labute approximate surface area is 85.8 Å². The van der Waals surface area contributed by atoms with Gasteiger partial charge in [-0.1, -0.05) is 6.92 Å². The van der Waals surface area contributed by atoms with Gasteiger partial charge in [0.2, 0.25) is 0 Å². The first-order valence-electron chi connectivity index (χ1n) is 5.39. The number of piperidine rings is 1. The van der Waals surface area contributed by atoms with Gasteiger partial charge >= 0.3 is 6.03 Å². The molecule has 82 valence electrons. The molecule has 0 spiro atoms. The lowest BCUT2D eigenvalue weighted by molar-refractivity contribution is 0.167. The van der Waals surface area contributed by atoms with Crippen LogP contribution >= 0.6 is 0 Å². The van der Waals surface area contributed by atoms with Gasteiger partial charge in [0.05, 0.1) is 0 Å². The molecule has 2 amide bonds. The highest BCUT2D eigenvalue weighted by Gasteiger charge is 2.21.